The van der Waals surface area contributed by atoms with Crippen molar-refractivity contribution in [3.63, 3.8) is 0 Å². The van der Waals surface area contributed by atoms with Gasteiger partial charge >= 0.3 is 5.97 Å². The molecule has 0 unspecified atom stereocenters. The lowest BCUT2D eigenvalue weighted by Gasteiger charge is -2.05. The van der Waals surface area contributed by atoms with Gasteiger partial charge in [0.25, 0.3) is 0 Å². The summed E-state index contributed by atoms with van der Waals surface area (Å²) in [6.45, 7) is 3.62. The number of carbonyl (C=O) groups excluding carboxylic acids is 1. The maximum atomic E-state index is 10.5. The van der Waals surface area contributed by atoms with Crippen LogP contribution in [0.25, 0.3) is 0 Å². The smallest absolute Gasteiger partial charge is 0.321 e. The molecule has 0 aliphatic heterocycles. The fourth-order valence-electron chi connectivity index (χ4n) is 0.359. The van der Waals surface area contributed by atoms with Crippen molar-refractivity contribution in [2.24, 2.45) is 0 Å². The second-order valence-electron chi connectivity index (χ2n) is 1.85. The lowest BCUT2D eigenvalue weighted by Crippen LogP contribution is -2.20. The summed E-state index contributed by atoms with van der Waals surface area (Å²) in [5, 5.41) is 0. The first-order valence-electron chi connectivity index (χ1n) is 2.69. The predicted molar refractivity (Wildman–Crippen MR) is 35.1 cm³/mol. The Hall–Kier alpha value is -0.280. The molecular formula is C5H10ClNO2. The molecule has 0 saturated heterocycles. The highest BCUT2D eigenvalue weighted by molar-refractivity contribution is 6.14. The number of hydrogen-bond donors (Lipinski definition) is 1. The van der Waals surface area contributed by atoms with Crippen LogP contribution in [-0.2, 0) is 9.53 Å². The summed E-state index contributed by atoms with van der Waals surface area (Å²) < 4.78 is 4.70. The van der Waals surface area contributed by atoms with Crippen LogP contribution in [0.5, 0.6) is 0 Å². The van der Waals surface area contributed by atoms with Crippen LogP contribution in [0.1, 0.15) is 13.8 Å². The highest BCUT2D eigenvalue weighted by atomic mass is 35.5. The van der Waals surface area contributed by atoms with Crippen LogP contribution >= 0.6 is 11.8 Å². The largest absolute Gasteiger partial charge is 0.462 e. The molecular weight excluding hydrogens is 142 g/mol. The van der Waals surface area contributed by atoms with Gasteiger partial charge in [0.15, 0.2) is 0 Å². The van der Waals surface area contributed by atoms with Crippen molar-refractivity contribution in [1.82, 2.24) is 4.84 Å². The molecule has 0 atom stereocenters. The third-order valence-corrected chi connectivity index (χ3v) is 0.712. The van der Waals surface area contributed by atoms with Gasteiger partial charge in [-0.15, -0.1) is 0 Å². The first-order valence-corrected chi connectivity index (χ1v) is 3.07. The standard InChI is InChI=1S/C5H10ClNO2/c1-4(2)9-5(8)3-7-6/h4,7H,3H2,1-2H3. The van der Waals surface area contributed by atoms with Crippen molar-refractivity contribution in [2.45, 2.75) is 20.0 Å². The predicted octanol–water partition coefficient (Wildman–Crippen LogP) is 0.681. The van der Waals surface area contributed by atoms with E-state index in [4.69, 9.17) is 16.5 Å². The van der Waals surface area contributed by atoms with E-state index in [0.717, 1.165) is 0 Å². The highest BCUT2D eigenvalue weighted by Crippen LogP contribution is 1.87. The summed E-state index contributed by atoms with van der Waals surface area (Å²) in [4.78, 5) is 12.7. The van der Waals surface area contributed by atoms with E-state index in [1.54, 1.807) is 13.8 Å². The highest BCUT2D eigenvalue weighted by Gasteiger charge is 2.01. The minimum Gasteiger partial charge on any atom is -0.462 e. The Morgan fingerprint density at radius 1 is 1.78 bits per heavy atom. The number of halogens is 1. The van der Waals surface area contributed by atoms with E-state index in [-0.39, 0.29) is 18.6 Å². The first kappa shape index (κ1) is 8.72. The SMILES string of the molecule is CC(C)OC(=O)CNCl. The first-order chi connectivity index (χ1) is 4.16. The van der Waals surface area contributed by atoms with Crippen LogP contribution in [0.4, 0.5) is 0 Å². The van der Waals surface area contributed by atoms with Crippen molar-refractivity contribution >= 4 is 17.7 Å². The molecule has 0 fully saturated rings. The van der Waals surface area contributed by atoms with Gasteiger partial charge in [-0.25, -0.2) is 4.84 Å². The van der Waals surface area contributed by atoms with E-state index in [0.29, 0.717) is 0 Å². The zero-order chi connectivity index (χ0) is 7.28. The Balaban J connectivity index is 3.27. The van der Waals surface area contributed by atoms with Gasteiger partial charge in [-0.2, -0.15) is 0 Å². The summed E-state index contributed by atoms with van der Waals surface area (Å²) in [5.41, 5.74) is 0. The topological polar surface area (TPSA) is 38.3 Å². The molecule has 0 bridgehead atoms. The van der Waals surface area contributed by atoms with Gasteiger partial charge in [0, 0.05) is 0 Å². The Kier molecular flexibility index (Phi) is 4.44. The molecule has 3 nitrogen and oxygen atoms in total. The molecule has 0 aromatic rings. The van der Waals surface area contributed by atoms with Crippen molar-refractivity contribution in [3.8, 4) is 0 Å². The van der Waals surface area contributed by atoms with Crippen LogP contribution in [-0.4, -0.2) is 18.6 Å². The second kappa shape index (κ2) is 4.58. The minimum absolute atomic E-state index is 0.0553. The minimum atomic E-state index is -0.333. The van der Waals surface area contributed by atoms with E-state index in [1.807, 2.05) is 0 Å². The normalized spacial score (nSPS) is 9.78. The third kappa shape index (κ3) is 5.59. The molecule has 0 aromatic carbocycles. The summed E-state index contributed by atoms with van der Waals surface area (Å²) >= 11 is 5.03. The van der Waals surface area contributed by atoms with Gasteiger partial charge in [0.2, 0.25) is 0 Å². The van der Waals surface area contributed by atoms with Crippen LogP contribution in [0.15, 0.2) is 0 Å². The van der Waals surface area contributed by atoms with Gasteiger partial charge in [-0.1, -0.05) is 0 Å². The molecule has 0 radical (unpaired) electrons. The van der Waals surface area contributed by atoms with Gasteiger partial charge in [0.05, 0.1) is 6.10 Å². The second-order valence-corrected chi connectivity index (χ2v) is 2.12. The van der Waals surface area contributed by atoms with Crippen LogP contribution in [0.3, 0.4) is 0 Å². The van der Waals surface area contributed by atoms with E-state index in [2.05, 4.69) is 4.84 Å². The number of carbonyl (C=O) groups is 1. The molecule has 0 aliphatic rings. The molecule has 0 heterocycles. The van der Waals surface area contributed by atoms with E-state index in [1.165, 1.54) is 0 Å². The molecule has 0 aromatic heterocycles. The van der Waals surface area contributed by atoms with Crippen LogP contribution in [0.2, 0.25) is 0 Å². The maximum absolute atomic E-state index is 10.5. The van der Waals surface area contributed by atoms with Crippen molar-refractivity contribution in [2.75, 3.05) is 6.54 Å². The van der Waals surface area contributed by atoms with Gasteiger partial charge < -0.3 is 4.74 Å². The lowest BCUT2D eigenvalue weighted by molar-refractivity contribution is -0.145. The maximum Gasteiger partial charge on any atom is 0.321 e. The molecule has 4 heteroatoms. The van der Waals surface area contributed by atoms with E-state index >= 15 is 0 Å². The zero-order valence-electron chi connectivity index (χ0n) is 5.48. The molecule has 0 rings (SSSR count). The average molecular weight is 152 g/mol. The molecule has 54 valence electrons. The Bertz CT molecular complexity index is 95.0. The zero-order valence-corrected chi connectivity index (χ0v) is 6.23. The number of hydrogen-bond acceptors (Lipinski definition) is 3. The lowest BCUT2D eigenvalue weighted by atomic mass is 10.5. The average Bonchev–Trinajstić information content (AvgIpc) is 1.63. The van der Waals surface area contributed by atoms with E-state index in [9.17, 15) is 4.79 Å². The number of rotatable bonds is 3. The monoisotopic (exact) mass is 151 g/mol. The number of ether oxygens (including phenoxy) is 1. The molecule has 1 N–H and O–H groups in total. The van der Waals surface area contributed by atoms with Crippen molar-refractivity contribution in [3.05, 3.63) is 0 Å². The fraction of sp³-hybridized carbons (Fsp3) is 0.800. The number of esters is 1. The van der Waals surface area contributed by atoms with E-state index < -0.39 is 0 Å². The molecule has 0 aliphatic carbocycles. The van der Waals surface area contributed by atoms with Crippen molar-refractivity contribution < 1.29 is 9.53 Å². The molecule has 0 spiro atoms. The van der Waals surface area contributed by atoms with Gasteiger partial charge in [0.1, 0.15) is 6.54 Å². The fourth-order valence-corrected chi connectivity index (χ4v) is 0.468. The summed E-state index contributed by atoms with van der Waals surface area (Å²) in [7, 11) is 0. The van der Waals surface area contributed by atoms with Crippen LogP contribution in [0, 0.1) is 0 Å². The molecule has 0 amide bonds. The Morgan fingerprint density at radius 3 is 2.67 bits per heavy atom. The summed E-state index contributed by atoms with van der Waals surface area (Å²) in [6, 6.07) is 0. The Morgan fingerprint density at radius 2 is 2.33 bits per heavy atom. The third-order valence-electron chi connectivity index (χ3n) is 0.578. The number of nitrogens with one attached hydrogen (secondary N) is 1. The Labute approximate surface area is 59.4 Å². The van der Waals surface area contributed by atoms with Crippen molar-refractivity contribution in [1.29, 1.82) is 0 Å². The van der Waals surface area contributed by atoms with Crippen LogP contribution < -0.4 is 4.84 Å². The van der Waals surface area contributed by atoms with Gasteiger partial charge in [-0.3, -0.25) is 4.79 Å². The van der Waals surface area contributed by atoms with Gasteiger partial charge in [-0.05, 0) is 25.6 Å². The summed E-state index contributed by atoms with van der Waals surface area (Å²) in [5.74, 6) is -0.333. The summed E-state index contributed by atoms with van der Waals surface area (Å²) in [6.07, 6.45) is -0.0671. The molecule has 0 saturated carbocycles. The quantitative estimate of drug-likeness (QED) is 0.476. The molecule has 9 heavy (non-hydrogen) atoms.